The van der Waals surface area contributed by atoms with Crippen LogP contribution in [0.15, 0.2) is 36.4 Å². The van der Waals surface area contributed by atoms with E-state index in [1.807, 2.05) is 24.3 Å². The number of hydrogen-bond acceptors (Lipinski definition) is 2. The lowest BCUT2D eigenvalue weighted by Gasteiger charge is -2.15. The lowest BCUT2D eigenvalue weighted by molar-refractivity contribution is 0.409. The molecule has 2 nitrogen and oxygen atoms in total. The first kappa shape index (κ1) is 16.3. The van der Waals surface area contributed by atoms with Crippen molar-refractivity contribution < 1.29 is 9.47 Å². The largest absolute Gasteiger partial charge is 0.496 e. The number of para-hydroxylation sites is 1. The van der Waals surface area contributed by atoms with Gasteiger partial charge in [0.15, 0.2) is 0 Å². The van der Waals surface area contributed by atoms with Crippen LogP contribution in [0, 0.1) is 0 Å². The van der Waals surface area contributed by atoms with Crippen molar-refractivity contribution in [1.82, 2.24) is 0 Å². The molecular formula is C16H15Cl3O2. The Bertz CT molecular complexity index is 629. The van der Waals surface area contributed by atoms with Crippen molar-refractivity contribution >= 4 is 34.8 Å². The highest BCUT2D eigenvalue weighted by Gasteiger charge is 2.17. The molecule has 0 N–H and O–H groups in total. The highest BCUT2D eigenvalue weighted by Crippen LogP contribution is 2.38. The smallest absolute Gasteiger partial charge is 0.138 e. The lowest BCUT2D eigenvalue weighted by atomic mass is 10.0. The van der Waals surface area contributed by atoms with Gasteiger partial charge in [-0.1, -0.05) is 41.4 Å². The van der Waals surface area contributed by atoms with E-state index in [1.165, 1.54) is 0 Å². The Morgan fingerprint density at radius 2 is 1.62 bits per heavy atom. The van der Waals surface area contributed by atoms with E-state index in [1.54, 1.807) is 26.4 Å². The van der Waals surface area contributed by atoms with Gasteiger partial charge in [-0.3, -0.25) is 0 Å². The number of hydrogen-bond donors (Lipinski definition) is 0. The second kappa shape index (κ2) is 7.26. The molecule has 0 bridgehead atoms. The van der Waals surface area contributed by atoms with Gasteiger partial charge in [0.2, 0.25) is 0 Å². The van der Waals surface area contributed by atoms with E-state index in [9.17, 15) is 0 Å². The molecule has 2 rings (SSSR count). The number of ether oxygens (including phenoxy) is 2. The molecule has 0 spiro atoms. The molecule has 0 aliphatic rings. The molecule has 2 aromatic carbocycles. The third kappa shape index (κ3) is 3.76. The lowest BCUT2D eigenvalue weighted by Crippen LogP contribution is -2.00. The number of alkyl halides is 1. The topological polar surface area (TPSA) is 18.5 Å². The Balaban J connectivity index is 2.28. The van der Waals surface area contributed by atoms with Gasteiger partial charge in [0, 0.05) is 11.1 Å². The molecule has 0 amide bonds. The van der Waals surface area contributed by atoms with E-state index in [0.717, 1.165) is 16.9 Å². The van der Waals surface area contributed by atoms with Crippen LogP contribution >= 0.6 is 34.8 Å². The van der Waals surface area contributed by atoms with Crippen molar-refractivity contribution in [3.05, 3.63) is 57.6 Å². The third-order valence-electron chi connectivity index (χ3n) is 3.20. The first-order chi connectivity index (χ1) is 10.1. The van der Waals surface area contributed by atoms with E-state index in [4.69, 9.17) is 44.3 Å². The molecule has 1 unspecified atom stereocenters. The first-order valence-corrected chi connectivity index (χ1v) is 7.55. The first-order valence-electron chi connectivity index (χ1n) is 6.35. The predicted octanol–water partition coefficient (Wildman–Crippen LogP) is 5.53. The summed E-state index contributed by atoms with van der Waals surface area (Å²) in [6.07, 6.45) is 0.591. The van der Waals surface area contributed by atoms with Crippen molar-refractivity contribution in [2.45, 2.75) is 11.8 Å². The molecule has 0 aliphatic heterocycles. The molecule has 112 valence electrons. The minimum Gasteiger partial charge on any atom is -0.496 e. The standard InChI is InChI=1S/C16H15Cl3O2/c1-20-15-6-4-3-5-10(15)7-12(17)11-8-14(19)16(21-2)9-13(11)18/h3-6,8-9,12H,7H2,1-2H3. The maximum atomic E-state index is 6.50. The van der Waals surface area contributed by atoms with Gasteiger partial charge >= 0.3 is 0 Å². The fraction of sp³-hybridized carbons (Fsp3) is 0.250. The molecular weight excluding hydrogens is 331 g/mol. The van der Waals surface area contributed by atoms with Crippen molar-refractivity contribution in [3.8, 4) is 11.5 Å². The number of benzene rings is 2. The Kier molecular flexibility index (Phi) is 5.63. The maximum Gasteiger partial charge on any atom is 0.138 e. The normalized spacial score (nSPS) is 12.0. The van der Waals surface area contributed by atoms with Gasteiger partial charge in [0.25, 0.3) is 0 Å². The molecule has 21 heavy (non-hydrogen) atoms. The molecule has 0 aliphatic carbocycles. The molecule has 0 saturated carbocycles. The van der Waals surface area contributed by atoms with E-state index < -0.39 is 0 Å². The number of rotatable bonds is 5. The summed E-state index contributed by atoms with van der Waals surface area (Å²) in [7, 11) is 3.18. The highest BCUT2D eigenvalue weighted by atomic mass is 35.5. The second-order valence-corrected chi connectivity index (χ2v) is 5.83. The van der Waals surface area contributed by atoms with Crippen LogP contribution < -0.4 is 9.47 Å². The van der Waals surface area contributed by atoms with Gasteiger partial charge in [-0.05, 0) is 29.7 Å². The summed E-state index contributed by atoms with van der Waals surface area (Å²) in [4.78, 5) is 0. The summed E-state index contributed by atoms with van der Waals surface area (Å²) in [6, 6.07) is 11.2. The summed E-state index contributed by atoms with van der Waals surface area (Å²) in [5.41, 5.74) is 1.79. The Hall–Kier alpha value is -1.09. The fourth-order valence-corrected chi connectivity index (χ4v) is 3.05. The van der Waals surface area contributed by atoms with Gasteiger partial charge in [0.1, 0.15) is 11.5 Å². The maximum absolute atomic E-state index is 6.50. The highest BCUT2D eigenvalue weighted by molar-refractivity contribution is 6.35. The molecule has 1 atom stereocenters. The number of halogens is 3. The summed E-state index contributed by atoms with van der Waals surface area (Å²) >= 11 is 18.9. The Labute approximate surface area is 139 Å². The van der Waals surface area contributed by atoms with Gasteiger partial charge in [-0.15, -0.1) is 11.6 Å². The van der Waals surface area contributed by atoms with E-state index in [0.29, 0.717) is 22.2 Å². The van der Waals surface area contributed by atoms with Crippen LogP contribution in [-0.4, -0.2) is 14.2 Å². The molecule has 2 aromatic rings. The molecule has 0 aromatic heterocycles. The molecule has 0 heterocycles. The van der Waals surface area contributed by atoms with Crippen molar-refractivity contribution in [3.63, 3.8) is 0 Å². The van der Waals surface area contributed by atoms with Crippen LogP contribution in [0.4, 0.5) is 0 Å². The van der Waals surface area contributed by atoms with Gasteiger partial charge in [-0.2, -0.15) is 0 Å². The van der Waals surface area contributed by atoms with Crippen LogP contribution in [0.2, 0.25) is 10.0 Å². The van der Waals surface area contributed by atoms with Crippen molar-refractivity contribution in [1.29, 1.82) is 0 Å². The van der Waals surface area contributed by atoms with Crippen LogP contribution in [0.1, 0.15) is 16.5 Å². The number of methoxy groups -OCH3 is 2. The SMILES string of the molecule is COc1cc(Cl)c(C(Cl)Cc2ccccc2OC)cc1Cl. The summed E-state index contributed by atoms with van der Waals surface area (Å²) < 4.78 is 10.5. The minimum atomic E-state index is -0.308. The average Bonchev–Trinajstić information content (AvgIpc) is 2.49. The Morgan fingerprint density at radius 3 is 2.29 bits per heavy atom. The molecule has 0 radical (unpaired) electrons. The zero-order valence-corrected chi connectivity index (χ0v) is 14.0. The van der Waals surface area contributed by atoms with E-state index in [-0.39, 0.29) is 5.38 Å². The summed E-state index contributed by atoms with van der Waals surface area (Å²) in [6.45, 7) is 0. The predicted molar refractivity (Wildman–Crippen MR) is 88.3 cm³/mol. The van der Waals surface area contributed by atoms with Crippen LogP contribution in [0.25, 0.3) is 0 Å². The fourth-order valence-electron chi connectivity index (χ4n) is 2.12. The van der Waals surface area contributed by atoms with Crippen LogP contribution in [0.5, 0.6) is 11.5 Å². The van der Waals surface area contributed by atoms with Crippen LogP contribution in [-0.2, 0) is 6.42 Å². The quantitative estimate of drug-likeness (QED) is 0.663. The minimum absolute atomic E-state index is 0.308. The average molecular weight is 346 g/mol. The van der Waals surface area contributed by atoms with Crippen LogP contribution in [0.3, 0.4) is 0 Å². The van der Waals surface area contributed by atoms with Gasteiger partial charge in [-0.25, -0.2) is 0 Å². The zero-order chi connectivity index (χ0) is 15.4. The summed E-state index contributed by atoms with van der Waals surface area (Å²) in [5.74, 6) is 1.34. The monoisotopic (exact) mass is 344 g/mol. The second-order valence-electron chi connectivity index (χ2n) is 4.49. The van der Waals surface area contributed by atoms with Gasteiger partial charge < -0.3 is 9.47 Å². The van der Waals surface area contributed by atoms with E-state index >= 15 is 0 Å². The van der Waals surface area contributed by atoms with Crippen molar-refractivity contribution in [2.75, 3.05) is 14.2 Å². The molecule has 0 saturated heterocycles. The Morgan fingerprint density at radius 1 is 0.952 bits per heavy atom. The third-order valence-corrected chi connectivity index (χ3v) is 4.21. The molecule has 5 heteroatoms. The van der Waals surface area contributed by atoms with Gasteiger partial charge in [0.05, 0.1) is 24.6 Å². The summed E-state index contributed by atoms with van der Waals surface area (Å²) in [5, 5.41) is 0.714. The molecule has 0 fully saturated rings. The van der Waals surface area contributed by atoms with Crippen molar-refractivity contribution in [2.24, 2.45) is 0 Å². The van der Waals surface area contributed by atoms with E-state index in [2.05, 4.69) is 0 Å². The zero-order valence-electron chi connectivity index (χ0n) is 11.7.